The normalized spacial score (nSPS) is 24.2. The van der Waals surface area contributed by atoms with Gasteiger partial charge in [0.05, 0.1) is 48.8 Å². The Hall–Kier alpha value is -3.70. The van der Waals surface area contributed by atoms with Crippen molar-refractivity contribution in [1.82, 2.24) is 9.47 Å². The highest BCUT2D eigenvalue weighted by atomic mass is 32.2. The van der Waals surface area contributed by atoms with Gasteiger partial charge in [-0.15, -0.1) is 0 Å². The highest BCUT2D eigenvalue weighted by molar-refractivity contribution is 7.93. The molecular weight excluding hydrogens is 508 g/mol. The van der Waals surface area contributed by atoms with Crippen LogP contribution in [-0.2, 0) is 39.6 Å². The number of carboxylic acid groups (broad SMARTS) is 1. The van der Waals surface area contributed by atoms with Crippen molar-refractivity contribution in [3.8, 4) is 0 Å². The van der Waals surface area contributed by atoms with E-state index in [2.05, 4.69) is 4.57 Å². The van der Waals surface area contributed by atoms with Gasteiger partial charge in [0.15, 0.2) is 0 Å². The molecule has 0 unspecified atom stereocenters. The third kappa shape index (κ3) is 3.34. The molecule has 38 heavy (non-hydrogen) atoms. The highest BCUT2D eigenvalue weighted by Gasteiger charge is 2.60. The van der Waals surface area contributed by atoms with Gasteiger partial charge in [-0.1, -0.05) is 25.1 Å². The predicted molar refractivity (Wildman–Crippen MR) is 137 cm³/mol. The van der Waals surface area contributed by atoms with Crippen molar-refractivity contribution in [3.05, 3.63) is 65.9 Å². The third-order valence-electron chi connectivity index (χ3n) is 8.20. The second-order valence-corrected chi connectivity index (χ2v) is 12.3. The van der Waals surface area contributed by atoms with Crippen molar-refractivity contribution < 1.29 is 32.8 Å². The minimum absolute atomic E-state index is 0.177. The Morgan fingerprint density at radius 1 is 1.21 bits per heavy atom. The molecular formula is C27H29N4O6S+. The van der Waals surface area contributed by atoms with Crippen molar-refractivity contribution >= 4 is 38.4 Å². The Morgan fingerprint density at radius 2 is 1.97 bits per heavy atom. The van der Waals surface area contributed by atoms with Crippen molar-refractivity contribution in [1.29, 1.82) is 0 Å². The molecule has 0 saturated carbocycles. The number of aromatic nitrogens is 2. The van der Waals surface area contributed by atoms with E-state index in [0.717, 1.165) is 17.5 Å². The molecule has 1 aromatic heterocycles. The molecule has 198 valence electrons. The summed E-state index contributed by atoms with van der Waals surface area (Å²) in [5.41, 5.74) is 1.72. The van der Waals surface area contributed by atoms with Crippen LogP contribution in [0.1, 0.15) is 19.4 Å². The van der Waals surface area contributed by atoms with E-state index in [1.54, 1.807) is 19.1 Å². The lowest BCUT2D eigenvalue weighted by Crippen LogP contribution is -2.63. The molecule has 1 saturated heterocycles. The number of aryl methyl sites for hydroxylation is 3. The smallest absolute Gasteiger partial charge is 0.352 e. The number of aliphatic hydroxyl groups excluding tert-OH is 1. The van der Waals surface area contributed by atoms with E-state index in [9.17, 15) is 28.2 Å². The first-order valence-corrected chi connectivity index (χ1v) is 14.0. The van der Waals surface area contributed by atoms with Gasteiger partial charge in [0.1, 0.15) is 18.1 Å². The molecule has 0 bridgehead atoms. The molecule has 2 aromatic carbocycles. The summed E-state index contributed by atoms with van der Waals surface area (Å²) in [4.78, 5) is 26.4. The number of nitrogens with zero attached hydrogens (tertiary/aromatic N) is 4. The quantitative estimate of drug-likeness (QED) is 0.347. The second kappa shape index (κ2) is 8.40. The first kappa shape index (κ1) is 24.6. The SMILES string of the molecule is C[C@@H](O)[C@H]1C(=O)N2C(C(=O)O)=C(CN3c4cccc5c(CCn6cc[n+](C)c6)ccc(c45)S3(=O)=O)[C@H](C)[C@H]12. The van der Waals surface area contributed by atoms with Gasteiger partial charge in [0.2, 0.25) is 12.2 Å². The fraction of sp³-hybridized carbons (Fsp3) is 0.370. The number of carboxylic acids is 1. The summed E-state index contributed by atoms with van der Waals surface area (Å²) in [5.74, 6) is -2.85. The summed E-state index contributed by atoms with van der Waals surface area (Å²) in [5, 5.41) is 21.6. The zero-order valence-electron chi connectivity index (χ0n) is 21.3. The molecule has 0 aliphatic carbocycles. The Kier molecular flexibility index (Phi) is 5.45. The topological polar surface area (TPSA) is 124 Å². The van der Waals surface area contributed by atoms with Crippen LogP contribution in [0, 0.1) is 11.8 Å². The molecule has 3 aromatic rings. The summed E-state index contributed by atoms with van der Waals surface area (Å²) in [6, 6.07) is 8.46. The van der Waals surface area contributed by atoms with Crippen molar-refractivity contribution in [3.63, 3.8) is 0 Å². The molecule has 2 N–H and O–H groups in total. The van der Waals surface area contributed by atoms with Gasteiger partial charge in [-0.2, -0.15) is 0 Å². The lowest BCUT2D eigenvalue weighted by atomic mass is 9.78. The minimum Gasteiger partial charge on any atom is -0.477 e. The molecule has 3 aliphatic rings. The van der Waals surface area contributed by atoms with E-state index >= 15 is 0 Å². The van der Waals surface area contributed by atoms with E-state index in [4.69, 9.17) is 0 Å². The molecule has 1 amide bonds. The van der Waals surface area contributed by atoms with E-state index in [1.807, 2.05) is 48.5 Å². The number of imidazole rings is 1. The highest BCUT2D eigenvalue weighted by Crippen LogP contribution is 2.49. The molecule has 0 radical (unpaired) electrons. The lowest BCUT2D eigenvalue weighted by Gasteiger charge is -2.46. The van der Waals surface area contributed by atoms with Gasteiger partial charge in [-0.3, -0.25) is 9.10 Å². The van der Waals surface area contributed by atoms with Crippen molar-refractivity contribution in [2.75, 3.05) is 10.8 Å². The van der Waals surface area contributed by atoms with E-state index in [-0.39, 0.29) is 17.1 Å². The standard InChI is InChI=1S/C27H28N4O6S/c1-15-19(25(27(34)35)31-24(15)22(16(2)32)26(31)33)13-30-20-6-4-5-18-17(9-10-29-12-11-28(3)14-29)7-8-21(23(18)20)38(30,36)37/h4-8,11-12,14-16,22,24,32H,9-10,13H2,1-3H3/p+1/t15-,16+,22+,24+/m0/s1. The number of benzene rings is 2. The average molecular weight is 538 g/mol. The maximum absolute atomic E-state index is 13.8. The average Bonchev–Trinajstić information content (AvgIpc) is 3.45. The number of aliphatic hydroxyl groups is 1. The molecule has 4 atom stereocenters. The van der Waals surface area contributed by atoms with Gasteiger partial charge >= 0.3 is 5.97 Å². The molecule has 10 nitrogen and oxygen atoms in total. The van der Waals surface area contributed by atoms with Crippen LogP contribution in [0.15, 0.2) is 65.2 Å². The first-order valence-electron chi connectivity index (χ1n) is 12.6. The monoisotopic (exact) mass is 537 g/mol. The second-order valence-electron chi connectivity index (χ2n) is 10.4. The third-order valence-corrected chi connectivity index (χ3v) is 10.0. The van der Waals surface area contributed by atoms with Crippen molar-refractivity contribution in [2.45, 2.75) is 43.9 Å². The van der Waals surface area contributed by atoms with Gasteiger partial charge in [0, 0.05) is 17.7 Å². The van der Waals surface area contributed by atoms with Gasteiger partial charge in [0.25, 0.3) is 10.0 Å². The van der Waals surface area contributed by atoms with Crippen LogP contribution in [0.2, 0.25) is 0 Å². The number of anilines is 1. The fourth-order valence-electron chi connectivity index (χ4n) is 6.37. The number of aliphatic carboxylic acids is 1. The summed E-state index contributed by atoms with van der Waals surface area (Å²) in [6.07, 6.45) is 5.71. The summed E-state index contributed by atoms with van der Waals surface area (Å²) >= 11 is 0. The van der Waals surface area contributed by atoms with Gasteiger partial charge in [-0.25, -0.2) is 22.3 Å². The van der Waals surface area contributed by atoms with Crippen LogP contribution in [0.4, 0.5) is 5.69 Å². The number of fused-ring (bicyclic) bond motifs is 1. The fourth-order valence-corrected chi connectivity index (χ4v) is 8.04. The Morgan fingerprint density at radius 3 is 2.63 bits per heavy atom. The number of rotatable bonds is 7. The Bertz CT molecular complexity index is 1660. The van der Waals surface area contributed by atoms with Crippen LogP contribution in [0.5, 0.6) is 0 Å². The van der Waals surface area contributed by atoms with Gasteiger partial charge < -0.3 is 15.1 Å². The van der Waals surface area contributed by atoms with Crippen LogP contribution in [-0.4, -0.2) is 58.7 Å². The maximum Gasteiger partial charge on any atom is 0.352 e. The van der Waals surface area contributed by atoms with Crippen LogP contribution >= 0.6 is 0 Å². The Labute approximate surface area is 220 Å². The van der Waals surface area contributed by atoms with Crippen LogP contribution in [0.25, 0.3) is 10.8 Å². The summed E-state index contributed by atoms with van der Waals surface area (Å²) in [6.45, 7) is 3.86. The minimum atomic E-state index is -3.95. The number of hydrogen-bond donors (Lipinski definition) is 2. The van der Waals surface area contributed by atoms with Crippen LogP contribution in [0.3, 0.4) is 0 Å². The zero-order valence-corrected chi connectivity index (χ0v) is 22.1. The molecule has 6 rings (SSSR count). The number of carbonyl (C=O) groups excluding carboxylic acids is 1. The van der Waals surface area contributed by atoms with Crippen LogP contribution < -0.4 is 8.87 Å². The summed E-state index contributed by atoms with van der Waals surface area (Å²) in [7, 11) is -2.00. The molecule has 1 fully saturated rings. The number of sulfonamides is 1. The van der Waals surface area contributed by atoms with Crippen molar-refractivity contribution in [2.24, 2.45) is 18.9 Å². The maximum atomic E-state index is 13.8. The largest absolute Gasteiger partial charge is 0.477 e. The molecule has 0 spiro atoms. The molecule has 11 heteroatoms. The lowest BCUT2D eigenvalue weighted by molar-refractivity contribution is -0.671. The Balaban J connectivity index is 1.39. The summed E-state index contributed by atoms with van der Waals surface area (Å²) < 4.78 is 32.8. The molecule has 4 heterocycles. The molecule has 3 aliphatic heterocycles. The first-order chi connectivity index (χ1) is 18.0. The zero-order chi connectivity index (χ0) is 27.1. The number of hydrogen-bond acceptors (Lipinski definition) is 5. The number of β-lactam (4-membered cyclic amide) rings is 1. The van der Waals surface area contributed by atoms with E-state index in [0.29, 0.717) is 23.1 Å². The number of carbonyl (C=O) groups is 2. The van der Waals surface area contributed by atoms with E-state index in [1.165, 1.54) is 16.1 Å². The van der Waals surface area contributed by atoms with E-state index < -0.39 is 45.9 Å². The van der Waals surface area contributed by atoms with Gasteiger partial charge in [-0.05, 0) is 35.6 Å². The number of amides is 1. The predicted octanol–water partition coefficient (Wildman–Crippen LogP) is 1.41.